The highest BCUT2D eigenvalue weighted by molar-refractivity contribution is 7.46. The molecule has 2 saturated heterocycles. The number of aliphatic hydroxyl groups excluding tert-OH is 2. The molecule has 0 radical (unpaired) electrons. The Morgan fingerprint density at radius 2 is 1.82 bits per heavy atom. The Kier molecular flexibility index (Phi) is 16.9. The molecule has 15 heteroatoms. The van der Waals surface area contributed by atoms with Gasteiger partial charge < -0.3 is 49.1 Å². The first-order valence-electron chi connectivity index (χ1n) is 19.0. The number of carbonyl (C=O) groups is 1. The maximum atomic E-state index is 12.5. The van der Waals surface area contributed by atoms with Crippen LogP contribution < -0.4 is 5.73 Å². The molecule has 2 fully saturated rings. The van der Waals surface area contributed by atoms with E-state index in [0.29, 0.717) is 24.4 Å². The maximum absolute atomic E-state index is 12.5. The highest BCUT2D eigenvalue weighted by Crippen LogP contribution is 2.59. The number of hydrogen-bond donors (Lipinski definition) is 5. The lowest BCUT2D eigenvalue weighted by atomic mass is 9.72. The van der Waals surface area contributed by atoms with Gasteiger partial charge in [-0.15, -0.1) is 0 Å². The zero-order valence-electron chi connectivity index (χ0n) is 34.3. The number of methoxy groups -OCH3 is 2. The van der Waals surface area contributed by atoms with Gasteiger partial charge in [0.25, 0.3) is 0 Å². The first kappa shape index (κ1) is 46.9. The van der Waals surface area contributed by atoms with Crippen molar-refractivity contribution < 1.29 is 57.2 Å². The number of aromatic nitrogens is 1. The van der Waals surface area contributed by atoms with E-state index < -0.39 is 67.5 Å². The number of primary amides is 1. The number of rotatable bonds is 19. The molecule has 2 aliphatic rings. The van der Waals surface area contributed by atoms with Gasteiger partial charge in [0.1, 0.15) is 24.2 Å². The van der Waals surface area contributed by atoms with Crippen LogP contribution in [0.1, 0.15) is 99.1 Å². The van der Waals surface area contributed by atoms with Gasteiger partial charge in [-0.3, -0.25) is 9.32 Å². The second-order valence-corrected chi connectivity index (χ2v) is 17.1. The quantitative estimate of drug-likeness (QED) is 0.0625. The number of nitrogens with two attached hydrogens (primary N) is 1. The summed E-state index contributed by atoms with van der Waals surface area (Å²) >= 11 is 0. The number of phosphoric ester groups is 1. The molecule has 1 aromatic rings. The molecule has 312 valence electrons. The summed E-state index contributed by atoms with van der Waals surface area (Å²) in [4.78, 5) is 35.6. The molecule has 3 rings (SSSR count). The Labute approximate surface area is 326 Å². The number of phosphoric acid groups is 1. The number of oxazole rings is 1. The van der Waals surface area contributed by atoms with Crippen LogP contribution in [-0.2, 0) is 32.8 Å². The second-order valence-electron chi connectivity index (χ2n) is 16.0. The zero-order chi connectivity index (χ0) is 41.5. The lowest BCUT2D eigenvalue weighted by Gasteiger charge is -2.50. The number of ether oxygens (including phenoxy) is 4. The van der Waals surface area contributed by atoms with Crippen molar-refractivity contribution in [2.24, 2.45) is 28.9 Å². The second kappa shape index (κ2) is 19.8. The van der Waals surface area contributed by atoms with Crippen LogP contribution in [0.15, 0.2) is 51.7 Å². The maximum Gasteiger partial charge on any atom is 0.469 e. The smallest absolute Gasteiger partial charge is 0.449 e. The number of amides is 1. The molecule has 2 aliphatic heterocycles. The summed E-state index contributed by atoms with van der Waals surface area (Å²) in [6.45, 7) is 16.8. The minimum absolute atomic E-state index is 0.0352. The Hall–Kier alpha value is -2.49. The van der Waals surface area contributed by atoms with Gasteiger partial charge in [0.15, 0.2) is 11.7 Å². The summed E-state index contributed by atoms with van der Waals surface area (Å²) < 4.78 is 48.7. The number of allylic oxidation sites excluding steroid dienone is 4. The van der Waals surface area contributed by atoms with E-state index in [4.69, 9.17) is 33.6 Å². The predicted octanol–water partition coefficient (Wildman–Crippen LogP) is 5.93. The summed E-state index contributed by atoms with van der Waals surface area (Å²) in [6.07, 6.45) is 6.85. The summed E-state index contributed by atoms with van der Waals surface area (Å²) in [5, 5.41) is 22.9. The molecule has 1 amide bonds. The van der Waals surface area contributed by atoms with Crippen LogP contribution in [0.3, 0.4) is 0 Å². The summed E-state index contributed by atoms with van der Waals surface area (Å²) in [5.74, 6) is -2.37. The van der Waals surface area contributed by atoms with Gasteiger partial charge in [0.2, 0.25) is 5.91 Å². The number of aryl methyl sites for hydroxylation is 1. The van der Waals surface area contributed by atoms with E-state index in [0.717, 1.165) is 23.1 Å². The Balaban J connectivity index is 1.83. The molecular weight excluding hydrogens is 731 g/mol. The third-order valence-electron chi connectivity index (χ3n) is 11.5. The zero-order valence-corrected chi connectivity index (χ0v) is 35.2. The van der Waals surface area contributed by atoms with Crippen molar-refractivity contribution in [3.05, 3.63) is 58.9 Å². The third-order valence-corrected chi connectivity index (χ3v) is 12.0. The van der Waals surface area contributed by atoms with Crippen molar-refractivity contribution in [3.63, 3.8) is 0 Å². The topological polar surface area (TPSA) is 213 Å². The SMILES string of the molecule is CO[C@H]1C[C@]2(O[C@H]([C@@H](C[C@H](O)[C@H](C)[C@H](O)[C@@H](C)/C=C(C)/C(C)=C/CC/C(C)=C\C(N)=O)OC)[C@@H](OP(=O)(O)O)C2(C)C)O[C@@H](C/C=C/c2coc(C)n2)[C@H]1C. The average molecular weight is 797 g/mol. The van der Waals surface area contributed by atoms with Crippen LogP contribution >= 0.6 is 7.82 Å². The van der Waals surface area contributed by atoms with Gasteiger partial charge >= 0.3 is 7.82 Å². The molecule has 11 atom stereocenters. The van der Waals surface area contributed by atoms with Gasteiger partial charge in [-0.05, 0) is 46.1 Å². The van der Waals surface area contributed by atoms with Crippen molar-refractivity contribution in [2.75, 3.05) is 14.2 Å². The predicted molar refractivity (Wildman–Crippen MR) is 208 cm³/mol. The van der Waals surface area contributed by atoms with E-state index >= 15 is 0 Å². The number of aliphatic hydroxyl groups is 2. The van der Waals surface area contributed by atoms with Crippen LogP contribution in [0.4, 0.5) is 0 Å². The fourth-order valence-electron chi connectivity index (χ4n) is 7.73. The first-order chi connectivity index (χ1) is 25.5. The molecule has 0 aromatic carbocycles. The Morgan fingerprint density at radius 3 is 2.38 bits per heavy atom. The number of hydrogen-bond acceptors (Lipinski definition) is 11. The molecule has 55 heavy (non-hydrogen) atoms. The van der Waals surface area contributed by atoms with E-state index in [1.54, 1.807) is 41.1 Å². The van der Waals surface area contributed by atoms with Gasteiger partial charge in [-0.1, -0.05) is 69.6 Å². The normalized spacial score (nSPS) is 29.4. The molecule has 0 bridgehead atoms. The minimum atomic E-state index is -5.06. The van der Waals surface area contributed by atoms with Crippen LogP contribution in [0.5, 0.6) is 0 Å². The third kappa shape index (κ3) is 12.3. The van der Waals surface area contributed by atoms with Crippen LogP contribution in [-0.4, -0.2) is 93.6 Å². The molecule has 6 N–H and O–H groups in total. The molecule has 0 unspecified atom stereocenters. The monoisotopic (exact) mass is 796 g/mol. The summed E-state index contributed by atoms with van der Waals surface area (Å²) in [5.41, 5.74) is 7.66. The van der Waals surface area contributed by atoms with E-state index in [9.17, 15) is 29.4 Å². The van der Waals surface area contributed by atoms with Crippen molar-refractivity contribution in [1.29, 1.82) is 0 Å². The first-order valence-corrected chi connectivity index (χ1v) is 20.5. The average Bonchev–Trinajstić information content (AvgIpc) is 3.59. The van der Waals surface area contributed by atoms with Crippen LogP contribution in [0, 0.1) is 30.1 Å². The highest BCUT2D eigenvalue weighted by atomic mass is 31.2. The van der Waals surface area contributed by atoms with Crippen LogP contribution in [0.2, 0.25) is 0 Å². The Bertz CT molecular complexity index is 1600. The number of nitrogens with zero attached hydrogens (tertiary/aromatic N) is 1. The molecule has 14 nitrogen and oxygen atoms in total. The van der Waals surface area contributed by atoms with Gasteiger partial charge in [-0.2, -0.15) is 0 Å². The van der Waals surface area contributed by atoms with E-state index in [1.165, 1.54) is 13.2 Å². The van der Waals surface area contributed by atoms with Gasteiger partial charge in [-0.25, -0.2) is 9.55 Å². The standard InChI is InChI=1S/C40H65N2O12P/c1-23(18-35(41)44)14-12-15-24(2)25(3)19-26(4)36(45)27(5)31(43)20-33(49-10)37-38(54-55(46,47)48)39(8,9)40(53-37)21-34(50-11)28(6)32(52-40)17-13-16-30-22-51-29(7)42-30/h13,15-16,18-19,22,26-28,31-34,36-38,43,45H,12,14,17,20-21H2,1-11H3,(H2,41,44)(H2,46,47,48)/b16-13+,23-18-,24-15+,25-19+/t26-,27-,28+,31-,32-,33+,34-,36+,37+,38+,40+/m0/s1. The Morgan fingerprint density at radius 1 is 1.15 bits per heavy atom. The highest BCUT2D eigenvalue weighted by Gasteiger charge is 2.68. The van der Waals surface area contributed by atoms with Crippen molar-refractivity contribution >= 4 is 19.8 Å². The lowest BCUT2D eigenvalue weighted by molar-refractivity contribution is -0.336. The van der Waals surface area contributed by atoms with Crippen molar-refractivity contribution in [1.82, 2.24) is 4.98 Å². The molecule has 1 aromatic heterocycles. The van der Waals surface area contributed by atoms with Gasteiger partial charge in [0.05, 0.1) is 30.5 Å². The van der Waals surface area contributed by atoms with E-state index in [-0.39, 0.29) is 30.8 Å². The van der Waals surface area contributed by atoms with E-state index in [2.05, 4.69) is 11.1 Å². The van der Waals surface area contributed by atoms with Gasteiger partial charge in [0, 0.05) is 63.2 Å². The van der Waals surface area contributed by atoms with E-state index in [1.807, 2.05) is 52.8 Å². The molecule has 0 aliphatic carbocycles. The lowest BCUT2D eigenvalue weighted by Crippen LogP contribution is -2.58. The number of carbonyl (C=O) groups excluding carboxylic acids is 1. The molecule has 0 saturated carbocycles. The molecule has 3 heterocycles. The van der Waals surface area contributed by atoms with Crippen molar-refractivity contribution in [3.8, 4) is 0 Å². The fraction of sp³-hybridized carbons (Fsp3) is 0.700. The summed E-state index contributed by atoms with van der Waals surface area (Å²) in [7, 11) is -2.01. The summed E-state index contributed by atoms with van der Waals surface area (Å²) in [6, 6.07) is 0. The van der Waals surface area contributed by atoms with Crippen molar-refractivity contribution in [2.45, 2.75) is 143 Å². The fourth-order valence-corrected chi connectivity index (χ4v) is 8.41. The largest absolute Gasteiger partial charge is 0.469 e. The molecule has 1 spiro atoms. The minimum Gasteiger partial charge on any atom is -0.449 e. The molecular formula is C40H65N2O12P. The van der Waals surface area contributed by atoms with Crippen LogP contribution in [0.25, 0.3) is 6.08 Å².